The normalized spacial score (nSPS) is 54.5. The van der Waals surface area contributed by atoms with Crippen LogP contribution in [-0.2, 0) is 0 Å². The molecule has 4 heterocycles. The Balaban J connectivity index is 0.708. The lowest BCUT2D eigenvalue weighted by Gasteiger charge is -2.57. The Bertz CT molecular complexity index is 1870. The fraction of sp³-hybridized carbons (Fsp3) is 1.00. The van der Waals surface area contributed by atoms with Crippen molar-refractivity contribution in [1.82, 2.24) is 19.6 Å². The molecule has 15 fully saturated rings. The van der Waals surface area contributed by atoms with Gasteiger partial charge in [0.1, 0.15) is 0 Å². The van der Waals surface area contributed by atoms with Crippen molar-refractivity contribution >= 4 is 6.71 Å². The van der Waals surface area contributed by atoms with E-state index < -0.39 is 0 Å². The number of hydrogen-bond donors (Lipinski definition) is 0. The van der Waals surface area contributed by atoms with Gasteiger partial charge in [-0.2, -0.15) is 0 Å². The van der Waals surface area contributed by atoms with Crippen LogP contribution < -0.4 is 0 Å². The van der Waals surface area contributed by atoms with Crippen LogP contribution in [0.25, 0.3) is 0 Å². The molecule has 4 aliphatic heterocycles. The van der Waals surface area contributed by atoms with Crippen molar-refractivity contribution in [2.45, 2.75) is 370 Å². The summed E-state index contributed by atoms with van der Waals surface area (Å²) in [7, 11) is 0. The fourth-order valence-electron chi connectivity index (χ4n) is 29.2. The maximum Gasteiger partial charge on any atom is 0.151 e. The highest BCUT2D eigenvalue weighted by Gasteiger charge is 2.67. The lowest BCUT2D eigenvalue weighted by molar-refractivity contribution is -0.00345. The van der Waals surface area contributed by atoms with E-state index >= 15 is 0 Å². The molecule has 0 N–H and O–H groups in total. The molecule has 22 unspecified atom stereocenters. The second-order valence-electron chi connectivity index (χ2n) is 34.2. The predicted octanol–water partition coefficient (Wildman–Crippen LogP) is 17.9. The van der Waals surface area contributed by atoms with Crippen molar-refractivity contribution < 1.29 is 0 Å². The van der Waals surface area contributed by atoms with Crippen molar-refractivity contribution in [3.8, 4) is 0 Å². The Morgan fingerprint density at radius 2 is 0.551 bits per heavy atom. The first kappa shape index (κ1) is 54.6. The van der Waals surface area contributed by atoms with Gasteiger partial charge in [0.05, 0.1) is 0 Å². The van der Waals surface area contributed by atoms with Crippen LogP contribution in [0.3, 0.4) is 0 Å². The molecule has 78 heavy (non-hydrogen) atoms. The zero-order valence-electron chi connectivity index (χ0n) is 52.1. The molecule has 5 heteroatoms. The van der Waals surface area contributed by atoms with Crippen molar-refractivity contribution in [2.24, 2.45) is 88.8 Å². The third kappa shape index (κ3) is 8.97. The van der Waals surface area contributed by atoms with Crippen LogP contribution in [0.2, 0.25) is 17.5 Å². The van der Waals surface area contributed by atoms with Crippen LogP contribution in [0.5, 0.6) is 0 Å². The summed E-state index contributed by atoms with van der Waals surface area (Å²) < 4.78 is 0. The van der Waals surface area contributed by atoms with E-state index in [4.69, 9.17) is 0 Å². The quantitative estimate of drug-likeness (QED) is 0.236. The van der Waals surface area contributed by atoms with Crippen LogP contribution in [0.1, 0.15) is 280 Å². The third-order valence-electron chi connectivity index (χ3n) is 30.6. The Labute approximate surface area is 482 Å². The zero-order chi connectivity index (χ0) is 52.7. The van der Waals surface area contributed by atoms with Gasteiger partial charge in [0.2, 0.25) is 0 Å². The highest BCUT2D eigenvalue weighted by molar-refractivity contribution is 6.64. The lowest BCUT2D eigenvalue weighted by Crippen LogP contribution is -2.58. The van der Waals surface area contributed by atoms with E-state index in [0.29, 0.717) is 0 Å². The molecule has 0 amide bonds. The third-order valence-corrected chi connectivity index (χ3v) is 30.6. The van der Waals surface area contributed by atoms with Gasteiger partial charge in [0, 0.05) is 72.5 Å². The Kier molecular flexibility index (Phi) is 15.6. The monoisotopic (exact) mass is 1070 g/mol. The first-order valence-corrected chi connectivity index (χ1v) is 37.2. The first-order valence-electron chi connectivity index (χ1n) is 37.2. The highest BCUT2D eigenvalue weighted by Crippen LogP contribution is 2.66. The van der Waals surface area contributed by atoms with E-state index in [2.05, 4.69) is 68.1 Å². The molecule has 0 radical (unpaired) electrons. The van der Waals surface area contributed by atoms with Gasteiger partial charge < -0.3 is 0 Å². The summed E-state index contributed by atoms with van der Waals surface area (Å²) >= 11 is 0. The molecule has 4 saturated heterocycles. The Morgan fingerprint density at radius 1 is 0.244 bits per heavy atom. The Morgan fingerprint density at radius 3 is 0.923 bits per heavy atom. The second kappa shape index (κ2) is 22.3. The van der Waals surface area contributed by atoms with Gasteiger partial charge in [-0.25, -0.2) is 0 Å². The molecule has 22 atom stereocenters. The molecule has 438 valence electrons. The minimum atomic E-state index is 0.835. The molecular formula is C73H123BN4. The number of nitrogens with zero attached hydrogens (tertiary/aromatic N) is 4. The van der Waals surface area contributed by atoms with Crippen LogP contribution in [0.15, 0.2) is 0 Å². The molecule has 0 aromatic heterocycles. The molecule has 15 aliphatic rings. The van der Waals surface area contributed by atoms with E-state index in [-0.39, 0.29) is 0 Å². The summed E-state index contributed by atoms with van der Waals surface area (Å²) in [4.78, 5) is 13.8. The summed E-state index contributed by atoms with van der Waals surface area (Å²) in [6, 6.07) is 10.8. The molecule has 4 nitrogen and oxygen atoms in total. The molecule has 0 aromatic carbocycles. The number of hydrogen-bond acceptors (Lipinski definition) is 4. The van der Waals surface area contributed by atoms with Crippen molar-refractivity contribution in [3.63, 3.8) is 0 Å². The van der Waals surface area contributed by atoms with Gasteiger partial charge in [-0.15, -0.1) is 0 Å². The van der Waals surface area contributed by atoms with Crippen molar-refractivity contribution in [3.05, 3.63) is 0 Å². The van der Waals surface area contributed by atoms with E-state index in [0.717, 1.165) is 185 Å². The molecule has 11 aliphatic carbocycles. The van der Waals surface area contributed by atoms with Crippen molar-refractivity contribution in [1.29, 1.82) is 0 Å². The molecule has 15 rings (SSSR count). The zero-order valence-corrected chi connectivity index (χ0v) is 52.1. The fourth-order valence-corrected chi connectivity index (χ4v) is 29.2. The topological polar surface area (TPSA) is 13.0 Å². The average Bonchev–Trinajstić information content (AvgIpc) is 4.39. The Hall–Kier alpha value is -0.0951. The van der Waals surface area contributed by atoms with Gasteiger partial charge in [0.25, 0.3) is 0 Å². The van der Waals surface area contributed by atoms with Gasteiger partial charge in [0.15, 0.2) is 6.71 Å². The predicted molar refractivity (Wildman–Crippen MR) is 328 cm³/mol. The van der Waals surface area contributed by atoms with Crippen LogP contribution in [0, 0.1) is 88.8 Å². The largest absolute Gasteiger partial charge is 0.294 e. The highest BCUT2D eigenvalue weighted by atomic mass is 15.3. The summed E-state index contributed by atoms with van der Waals surface area (Å²) in [5, 5.41) is 0. The van der Waals surface area contributed by atoms with E-state index in [1.165, 1.54) is 167 Å². The molecule has 0 aromatic rings. The smallest absolute Gasteiger partial charge is 0.151 e. The van der Waals surface area contributed by atoms with E-state index in [1.807, 2.05) is 0 Å². The maximum absolute atomic E-state index is 3.48. The summed E-state index contributed by atoms with van der Waals surface area (Å²) in [5.41, 5.74) is 0. The molecule has 0 bridgehead atoms. The SMILES string of the molecule is CC1CC(C)C(B(C2C(C)CC(N3C4CCCCC4C4C3CCC3C5CCCCC5N(C5CCCCC5)C34)CC2C)C2C(C)CC(N3C4CCCCC4C4C3CCC3C5CCCCC5N(C5CCCCC5)C34)CC2C)C(C)C1. The summed E-state index contributed by atoms with van der Waals surface area (Å²) in [6.07, 6.45) is 55.1. The molecular weight excluding hydrogens is 944 g/mol. The molecule has 11 saturated carbocycles. The number of likely N-dealkylation sites (tertiary alicyclic amines) is 4. The number of fused-ring (bicyclic) bond motifs is 14. The lowest BCUT2D eigenvalue weighted by atomic mass is 9.18. The van der Waals surface area contributed by atoms with Gasteiger partial charge >= 0.3 is 0 Å². The summed E-state index contributed by atoms with van der Waals surface area (Å²) in [5.74, 6) is 16.8. The number of rotatable bonds is 7. The average molecular weight is 1070 g/mol. The van der Waals surface area contributed by atoms with Crippen LogP contribution in [-0.4, -0.2) is 98.8 Å². The maximum atomic E-state index is 3.48. The van der Waals surface area contributed by atoms with Gasteiger partial charge in [-0.05, 0) is 230 Å². The molecule has 0 spiro atoms. The second-order valence-corrected chi connectivity index (χ2v) is 34.2. The van der Waals surface area contributed by atoms with Crippen LogP contribution >= 0.6 is 0 Å². The minimum Gasteiger partial charge on any atom is -0.294 e. The van der Waals surface area contributed by atoms with Crippen LogP contribution in [0.4, 0.5) is 0 Å². The standard InChI is InChI=1S/C73H123BN4/c1-44-38-45(2)69(46(3)39-44)74(70-47(4)40-53(41-48(70)5)75-63-32-20-16-28-59(63)67-65(75)36-34-57-55-26-14-18-30-61(55)77(72(57)67)51-22-10-8-11-23-51)71-49(6)42-54(43-50(71)7)76-64-33-21-17-29-60(64)68-66(76)37-35-58-56-27-15-19-31-62(56)78(73(58)68)52-24-12-9-13-25-52/h44-73H,8-43H2,1-7H3. The first-order chi connectivity index (χ1) is 38.1. The van der Waals surface area contributed by atoms with E-state index in [1.54, 1.807) is 64.2 Å². The minimum absolute atomic E-state index is 0.835. The van der Waals surface area contributed by atoms with Gasteiger partial charge in [-0.3, -0.25) is 19.6 Å². The van der Waals surface area contributed by atoms with E-state index in [9.17, 15) is 0 Å². The summed E-state index contributed by atoms with van der Waals surface area (Å²) in [6.45, 7) is 20.7. The van der Waals surface area contributed by atoms with Gasteiger partial charge in [-0.1, -0.05) is 156 Å². The van der Waals surface area contributed by atoms with Crippen molar-refractivity contribution in [2.75, 3.05) is 0 Å².